The number of carbonyl (C=O) groups excluding carboxylic acids is 2. The lowest BCUT2D eigenvalue weighted by Crippen LogP contribution is -2.42. The summed E-state index contributed by atoms with van der Waals surface area (Å²) in [4.78, 5) is 24.7. The van der Waals surface area contributed by atoms with E-state index in [0.29, 0.717) is 11.3 Å². The molecule has 2 aromatic rings. The maximum Gasteiger partial charge on any atom is 0.328 e. The summed E-state index contributed by atoms with van der Waals surface area (Å²) in [6.07, 6.45) is 0.382. The van der Waals surface area contributed by atoms with Gasteiger partial charge in [-0.1, -0.05) is 30.3 Å². The van der Waals surface area contributed by atoms with Gasteiger partial charge in [-0.05, 0) is 43.5 Å². The van der Waals surface area contributed by atoms with Crippen LogP contribution in [0.3, 0.4) is 0 Å². The first kappa shape index (κ1) is 17.2. The molecule has 1 aromatic heterocycles. The molecule has 0 saturated heterocycles. The lowest BCUT2D eigenvalue weighted by Gasteiger charge is -2.16. The average Bonchev–Trinajstić information content (AvgIpc) is 2.86. The van der Waals surface area contributed by atoms with Crippen LogP contribution in [0.4, 0.5) is 0 Å². The van der Waals surface area contributed by atoms with Gasteiger partial charge in [-0.2, -0.15) is 0 Å². The predicted octanol–water partition coefficient (Wildman–Crippen LogP) is 3.79. The summed E-state index contributed by atoms with van der Waals surface area (Å²) >= 11 is 7.98. The molecule has 0 saturated carbocycles. The van der Waals surface area contributed by atoms with E-state index < -0.39 is 12.0 Å². The average molecular weight is 447 g/mol. The van der Waals surface area contributed by atoms with Crippen molar-refractivity contribution >= 4 is 55.1 Å². The number of carbonyl (C=O) groups is 2. The molecule has 7 heteroatoms. The van der Waals surface area contributed by atoms with Gasteiger partial charge < -0.3 is 10.1 Å². The van der Waals surface area contributed by atoms with Gasteiger partial charge in [0.2, 0.25) is 0 Å². The van der Waals surface area contributed by atoms with Gasteiger partial charge in [0.05, 0.1) is 15.8 Å². The van der Waals surface area contributed by atoms with Gasteiger partial charge in [0.25, 0.3) is 5.91 Å². The zero-order valence-electron chi connectivity index (χ0n) is 11.6. The highest BCUT2D eigenvalue weighted by Crippen LogP contribution is 2.32. The van der Waals surface area contributed by atoms with Crippen molar-refractivity contribution in [3.8, 4) is 0 Å². The van der Waals surface area contributed by atoms with Crippen LogP contribution >= 0.6 is 43.2 Å². The second kappa shape index (κ2) is 7.89. The molecule has 2 rings (SSSR count). The number of halogens is 2. The van der Waals surface area contributed by atoms with Crippen molar-refractivity contribution in [2.75, 3.05) is 7.11 Å². The second-order valence-corrected chi connectivity index (χ2v) is 7.70. The van der Waals surface area contributed by atoms with Crippen molar-refractivity contribution in [3.63, 3.8) is 0 Å². The zero-order chi connectivity index (χ0) is 16.1. The number of amides is 1. The molecule has 4 nitrogen and oxygen atoms in total. The molecule has 0 unspecified atom stereocenters. The molecule has 116 valence electrons. The van der Waals surface area contributed by atoms with Gasteiger partial charge in [-0.3, -0.25) is 4.79 Å². The fourth-order valence-electron chi connectivity index (χ4n) is 1.87. The van der Waals surface area contributed by atoms with Crippen molar-refractivity contribution in [1.29, 1.82) is 0 Å². The summed E-state index contributed by atoms with van der Waals surface area (Å²) in [5, 5.41) is 2.73. The number of nitrogens with one attached hydrogen (secondary N) is 1. The molecule has 0 fully saturated rings. The summed E-state index contributed by atoms with van der Waals surface area (Å²) in [5.41, 5.74) is 0.951. The molecule has 0 bridgehead atoms. The Hall–Kier alpha value is -1.18. The van der Waals surface area contributed by atoms with Gasteiger partial charge in [0.1, 0.15) is 6.04 Å². The summed E-state index contributed by atoms with van der Waals surface area (Å²) in [5.74, 6) is -0.769. The summed E-state index contributed by atoms with van der Waals surface area (Å²) < 4.78 is 6.42. The van der Waals surface area contributed by atoms with Crippen LogP contribution < -0.4 is 5.32 Å². The molecule has 0 aliphatic carbocycles. The number of ether oxygens (including phenoxy) is 1. The minimum atomic E-state index is -0.723. The first-order valence-corrected chi connectivity index (χ1v) is 8.79. The predicted molar refractivity (Wildman–Crippen MR) is 93.1 cm³/mol. The third-order valence-corrected chi connectivity index (χ3v) is 6.20. The first-order valence-electron chi connectivity index (χ1n) is 6.38. The highest BCUT2D eigenvalue weighted by atomic mass is 79.9. The topological polar surface area (TPSA) is 55.4 Å². The van der Waals surface area contributed by atoms with Crippen LogP contribution in [-0.4, -0.2) is 25.0 Å². The third-order valence-electron chi connectivity index (χ3n) is 2.94. The molecular weight excluding hydrogens is 434 g/mol. The summed E-state index contributed by atoms with van der Waals surface area (Å²) in [6.45, 7) is 0. The van der Waals surface area contributed by atoms with E-state index in [4.69, 9.17) is 4.74 Å². The molecule has 1 heterocycles. The van der Waals surface area contributed by atoms with E-state index in [1.54, 1.807) is 6.07 Å². The molecular formula is C15H13Br2NO3S. The van der Waals surface area contributed by atoms with Crippen LogP contribution in [0.2, 0.25) is 0 Å². The number of esters is 1. The lowest BCUT2D eigenvalue weighted by atomic mass is 10.1. The Labute approximate surface area is 149 Å². The van der Waals surface area contributed by atoms with Gasteiger partial charge in [-0.25, -0.2) is 4.79 Å². The SMILES string of the molecule is COC(=O)[C@H](Cc1ccccc1)NC(=O)c1cc(Br)c(Br)s1. The number of methoxy groups -OCH3 is 1. The minimum Gasteiger partial charge on any atom is -0.467 e. The third kappa shape index (κ3) is 4.41. The molecule has 0 aliphatic rings. The zero-order valence-corrected chi connectivity index (χ0v) is 15.6. The van der Waals surface area contributed by atoms with E-state index in [0.717, 1.165) is 13.8 Å². The van der Waals surface area contributed by atoms with Crippen molar-refractivity contribution in [3.05, 3.63) is 55.1 Å². The molecule has 1 aromatic carbocycles. The Morgan fingerprint density at radius 1 is 1.27 bits per heavy atom. The van der Waals surface area contributed by atoms with Crippen LogP contribution in [-0.2, 0) is 16.0 Å². The number of hydrogen-bond donors (Lipinski definition) is 1. The number of hydrogen-bond acceptors (Lipinski definition) is 4. The number of rotatable bonds is 5. The Bertz CT molecular complexity index is 653. The van der Waals surface area contributed by atoms with Crippen LogP contribution in [0.5, 0.6) is 0 Å². The van der Waals surface area contributed by atoms with E-state index in [1.165, 1.54) is 18.4 Å². The molecule has 1 N–H and O–H groups in total. The minimum absolute atomic E-state index is 0.303. The van der Waals surface area contributed by atoms with Gasteiger partial charge in [0, 0.05) is 10.9 Å². The first-order chi connectivity index (χ1) is 10.5. The molecule has 0 aliphatic heterocycles. The van der Waals surface area contributed by atoms with Gasteiger partial charge in [0.15, 0.2) is 0 Å². The second-order valence-electron chi connectivity index (χ2n) is 4.47. The molecule has 0 spiro atoms. The Morgan fingerprint density at radius 3 is 2.50 bits per heavy atom. The van der Waals surface area contributed by atoms with E-state index in [1.807, 2.05) is 30.3 Å². The Balaban J connectivity index is 2.12. The Kier molecular flexibility index (Phi) is 6.16. The van der Waals surface area contributed by atoms with Gasteiger partial charge in [-0.15, -0.1) is 11.3 Å². The van der Waals surface area contributed by atoms with E-state index in [9.17, 15) is 9.59 Å². The fraction of sp³-hybridized carbons (Fsp3) is 0.200. The molecule has 1 amide bonds. The molecule has 22 heavy (non-hydrogen) atoms. The largest absolute Gasteiger partial charge is 0.467 e. The Morgan fingerprint density at radius 2 is 1.95 bits per heavy atom. The number of thiophene rings is 1. The number of benzene rings is 1. The normalized spacial score (nSPS) is 11.8. The standard InChI is InChI=1S/C15H13Br2NO3S/c1-21-15(20)11(7-9-5-3-2-4-6-9)18-14(19)12-8-10(16)13(17)22-12/h2-6,8,11H,7H2,1H3,(H,18,19)/t11-/m0/s1. The van der Waals surface area contributed by atoms with E-state index in [-0.39, 0.29) is 5.91 Å². The monoisotopic (exact) mass is 445 g/mol. The van der Waals surface area contributed by atoms with Gasteiger partial charge >= 0.3 is 5.97 Å². The smallest absolute Gasteiger partial charge is 0.328 e. The van der Waals surface area contributed by atoms with E-state index >= 15 is 0 Å². The highest BCUT2D eigenvalue weighted by Gasteiger charge is 2.23. The van der Waals surface area contributed by atoms with Crippen LogP contribution in [0.25, 0.3) is 0 Å². The maximum absolute atomic E-state index is 12.3. The van der Waals surface area contributed by atoms with Crippen molar-refractivity contribution in [1.82, 2.24) is 5.32 Å². The van der Waals surface area contributed by atoms with Crippen LogP contribution in [0.1, 0.15) is 15.2 Å². The highest BCUT2D eigenvalue weighted by molar-refractivity contribution is 9.13. The quantitative estimate of drug-likeness (QED) is 0.711. The molecule has 0 radical (unpaired) electrons. The lowest BCUT2D eigenvalue weighted by molar-refractivity contribution is -0.142. The van der Waals surface area contributed by atoms with Crippen LogP contribution in [0.15, 0.2) is 44.7 Å². The van der Waals surface area contributed by atoms with Crippen LogP contribution in [0, 0.1) is 0 Å². The summed E-state index contributed by atoms with van der Waals surface area (Å²) in [7, 11) is 1.31. The van der Waals surface area contributed by atoms with Crippen molar-refractivity contribution in [2.24, 2.45) is 0 Å². The molecule has 1 atom stereocenters. The maximum atomic E-state index is 12.3. The van der Waals surface area contributed by atoms with Crippen molar-refractivity contribution < 1.29 is 14.3 Å². The van der Waals surface area contributed by atoms with E-state index in [2.05, 4.69) is 37.2 Å². The summed E-state index contributed by atoms with van der Waals surface area (Å²) in [6, 6.07) is 10.5. The van der Waals surface area contributed by atoms with Crippen molar-refractivity contribution in [2.45, 2.75) is 12.5 Å². The fourth-order valence-corrected chi connectivity index (χ4v) is 3.81.